The molecule has 0 bridgehead atoms. The zero-order valence-electron chi connectivity index (χ0n) is 17.7. The Bertz CT molecular complexity index is 1120. The van der Waals surface area contributed by atoms with Gasteiger partial charge in [-0.15, -0.1) is 0 Å². The maximum atomic E-state index is 13.2. The molecule has 7 heteroatoms. The van der Waals surface area contributed by atoms with Crippen molar-refractivity contribution in [3.05, 3.63) is 64.3 Å². The van der Waals surface area contributed by atoms with E-state index in [0.717, 1.165) is 28.3 Å². The number of aromatic nitrogens is 1. The van der Waals surface area contributed by atoms with Gasteiger partial charge in [-0.05, 0) is 74.2 Å². The highest BCUT2D eigenvalue weighted by Crippen LogP contribution is 2.37. The van der Waals surface area contributed by atoms with Crippen molar-refractivity contribution in [3.63, 3.8) is 0 Å². The number of aryl methyl sites for hydroxylation is 1. The number of carbonyl (C=O) groups excluding carboxylic acids is 1. The van der Waals surface area contributed by atoms with Crippen LogP contribution in [0, 0.1) is 12.3 Å². The predicted octanol–water partition coefficient (Wildman–Crippen LogP) is 7.01. The second kappa shape index (κ2) is 8.50. The van der Waals surface area contributed by atoms with Gasteiger partial charge in [-0.2, -0.15) is 13.2 Å². The van der Waals surface area contributed by atoms with Crippen LogP contribution < -0.4 is 0 Å². The highest BCUT2D eigenvalue weighted by molar-refractivity contribution is 6.30. The number of hydrogen-bond donors (Lipinski definition) is 0. The summed E-state index contributed by atoms with van der Waals surface area (Å²) >= 11 is 6.03. The average molecular weight is 450 g/mol. The molecule has 0 amide bonds. The van der Waals surface area contributed by atoms with Crippen LogP contribution in [0.4, 0.5) is 13.2 Å². The molecular formula is C24H23ClF3NO2. The molecule has 0 aliphatic heterocycles. The fraction of sp³-hybridized carbons (Fsp3) is 0.333. The van der Waals surface area contributed by atoms with Crippen LogP contribution in [0.25, 0.3) is 22.0 Å². The normalized spacial score (nSPS) is 12.3. The lowest BCUT2D eigenvalue weighted by Crippen LogP contribution is -2.24. The Morgan fingerprint density at radius 3 is 2.29 bits per heavy atom. The van der Waals surface area contributed by atoms with Crippen LogP contribution in [0.1, 0.15) is 37.6 Å². The zero-order chi connectivity index (χ0) is 23.0. The Kier molecular flexibility index (Phi) is 6.33. The fourth-order valence-corrected chi connectivity index (χ4v) is 3.46. The molecule has 0 aliphatic carbocycles. The summed E-state index contributed by atoms with van der Waals surface area (Å²) in [5.74, 6) is -0.310. The van der Waals surface area contributed by atoms with E-state index in [4.69, 9.17) is 16.3 Å². The summed E-state index contributed by atoms with van der Waals surface area (Å²) in [5, 5.41) is 1.15. The van der Waals surface area contributed by atoms with Gasteiger partial charge in [0.15, 0.2) is 0 Å². The number of pyridine rings is 1. The summed E-state index contributed by atoms with van der Waals surface area (Å²) in [7, 11) is 0. The summed E-state index contributed by atoms with van der Waals surface area (Å²) < 4.78 is 45.0. The fourth-order valence-electron chi connectivity index (χ4n) is 3.34. The van der Waals surface area contributed by atoms with Gasteiger partial charge in [-0.3, -0.25) is 4.79 Å². The monoisotopic (exact) mass is 449 g/mol. The molecule has 0 spiro atoms. The third-order valence-corrected chi connectivity index (χ3v) is 5.20. The van der Waals surface area contributed by atoms with Crippen LogP contribution >= 0.6 is 11.6 Å². The Labute approximate surface area is 184 Å². The van der Waals surface area contributed by atoms with Gasteiger partial charge in [0.05, 0.1) is 17.5 Å². The van der Waals surface area contributed by atoms with E-state index in [2.05, 4.69) is 4.98 Å². The minimum Gasteiger partial charge on any atom is -0.465 e. The average Bonchev–Trinajstić information content (AvgIpc) is 2.67. The van der Waals surface area contributed by atoms with Crippen molar-refractivity contribution in [1.82, 2.24) is 4.98 Å². The minimum atomic E-state index is -4.53. The number of fused-ring (bicyclic) bond motifs is 1. The molecule has 0 atom stereocenters. The molecule has 0 saturated heterocycles. The maximum Gasteiger partial charge on any atom is 0.433 e. The second-order valence-corrected chi connectivity index (χ2v) is 8.89. The van der Waals surface area contributed by atoms with Crippen LogP contribution in [0.5, 0.6) is 0 Å². The van der Waals surface area contributed by atoms with Crippen molar-refractivity contribution < 1.29 is 22.7 Å². The quantitative estimate of drug-likeness (QED) is 0.402. The van der Waals surface area contributed by atoms with Crippen molar-refractivity contribution in [2.45, 2.75) is 40.3 Å². The standard InChI is InChI=1S/C24H23ClF3NO2/c1-14-13-19-18(9-10-20(29-19)24(26,27)28)21(15-5-7-16(25)8-6-15)17(14)11-12-31-22(30)23(2,3)4/h5-10,13H,11-12H2,1-4H3. The summed E-state index contributed by atoms with van der Waals surface area (Å²) in [4.78, 5) is 16.0. The second-order valence-electron chi connectivity index (χ2n) is 8.45. The van der Waals surface area contributed by atoms with Crippen LogP contribution in [0.3, 0.4) is 0 Å². The minimum absolute atomic E-state index is 0.164. The number of rotatable bonds is 4. The van der Waals surface area contributed by atoms with Gasteiger partial charge in [-0.25, -0.2) is 4.98 Å². The summed E-state index contributed by atoms with van der Waals surface area (Å²) in [5.41, 5.74) is 1.93. The Hall–Kier alpha value is -2.60. The number of ether oxygens (including phenoxy) is 1. The molecule has 164 valence electrons. The van der Waals surface area contributed by atoms with Gasteiger partial charge in [0.2, 0.25) is 0 Å². The maximum absolute atomic E-state index is 13.2. The molecule has 0 aliphatic rings. The zero-order valence-corrected chi connectivity index (χ0v) is 18.5. The first kappa shape index (κ1) is 23.1. The van der Waals surface area contributed by atoms with Crippen LogP contribution in [0.15, 0.2) is 42.5 Å². The van der Waals surface area contributed by atoms with Crippen molar-refractivity contribution >= 4 is 28.5 Å². The summed E-state index contributed by atoms with van der Waals surface area (Å²) in [6.07, 6.45) is -4.11. The molecule has 0 N–H and O–H groups in total. The molecule has 0 saturated carbocycles. The van der Waals surface area contributed by atoms with Gasteiger partial charge in [-0.1, -0.05) is 29.8 Å². The number of nitrogens with zero attached hydrogens (tertiary/aromatic N) is 1. The molecular weight excluding hydrogens is 427 g/mol. The Balaban J connectivity index is 2.11. The first-order valence-electron chi connectivity index (χ1n) is 9.81. The van der Waals surface area contributed by atoms with Crippen LogP contribution in [-0.2, 0) is 22.1 Å². The number of halogens is 4. The van der Waals surface area contributed by atoms with E-state index in [1.807, 2.05) is 19.1 Å². The Morgan fingerprint density at radius 1 is 1.06 bits per heavy atom. The molecule has 1 heterocycles. The third-order valence-electron chi connectivity index (χ3n) is 4.95. The molecule has 0 fully saturated rings. The third kappa shape index (κ3) is 5.18. The molecule has 31 heavy (non-hydrogen) atoms. The lowest BCUT2D eigenvalue weighted by atomic mass is 9.90. The lowest BCUT2D eigenvalue weighted by molar-refractivity contribution is -0.152. The molecule has 0 radical (unpaired) electrons. The van der Waals surface area contributed by atoms with E-state index >= 15 is 0 Å². The van der Waals surface area contributed by atoms with E-state index in [-0.39, 0.29) is 18.1 Å². The smallest absolute Gasteiger partial charge is 0.433 e. The van der Waals surface area contributed by atoms with Gasteiger partial charge in [0.25, 0.3) is 0 Å². The number of esters is 1. The van der Waals surface area contributed by atoms with E-state index < -0.39 is 17.3 Å². The topological polar surface area (TPSA) is 39.2 Å². The first-order chi connectivity index (χ1) is 14.4. The van der Waals surface area contributed by atoms with E-state index in [0.29, 0.717) is 16.8 Å². The van der Waals surface area contributed by atoms with Crippen LogP contribution in [-0.4, -0.2) is 17.6 Å². The van der Waals surface area contributed by atoms with Crippen molar-refractivity contribution in [3.8, 4) is 11.1 Å². The van der Waals surface area contributed by atoms with Crippen LogP contribution in [0.2, 0.25) is 5.02 Å². The SMILES string of the molecule is Cc1cc2nc(C(F)(F)F)ccc2c(-c2ccc(Cl)cc2)c1CCOC(=O)C(C)(C)C. The molecule has 3 nitrogen and oxygen atoms in total. The van der Waals surface area contributed by atoms with Gasteiger partial charge in [0, 0.05) is 16.8 Å². The summed E-state index contributed by atoms with van der Waals surface area (Å²) in [6, 6.07) is 11.2. The number of hydrogen-bond acceptors (Lipinski definition) is 3. The molecule has 2 aromatic carbocycles. The summed E-state index contributed by atoms with van der Waals surface area (Å²) in [6.45, 7) is 7.32. The molecule has 3 rings (SSSR count). The van der Waals surface area contributed by atoms with E-state index in [9.17, 15) is 18.0 Å². The van der Waals surface area contributed by atoms with Crippen molar-refractivity contribution in [1.29, 1.82) is 0 Å². The van der Waals surface area contributed by atoms with Gasteiger partial charge in [0.1, 0.15) is 5.69 Å². The van der Waals surface area contributed by atoms with Gasteiger partial charge < -0.3 is 4.74 Å². The van der Waals surface area contributed by atoms with Crippen molar-refractivity contribution in [2.24, 2.45) is 5.41 Å². The number of alkyl halides is 3. The van der Waals surface area contributed by atoms with Crippen molar-refractivity contribution in [2.75, 3.05) is 6.61 Å². The van der Waals surface area contributed by atoms with E-state index in [1.165, 1.54) is 6.07 Å². The first-order valence-corrected chi connectivity index (χ1v) is 10.2. The highest BCUT2D eigenvalue weighted by atomic mass is 35.5. The number of carbonyl (C=O) groups is 1. The highest BCUT2D eigenvalue weighted by Gasteiger charge is 2.33. The molecule has 3 aromatic rings. The van der Waals surface area contributed by atoms with Gasteiger partial charge >= 0.3 is 12.1 Å². The lowest BCUT2D eigenvalue weighted by Gasteiger charge is -2.19. The Morgan fingerprint density at radius 2 is 1.71 bits per heavy atom. The molecule has 1 aromatic heterocycles. The number of benzene rings is 2. The predicted molar refractivity (Wildman–Crippen MR) is 116 cm³/mol. The van der Waals surface area contributed by atoms with E-state index in [1.54, 1.807) is 39.0 Å². The largest absolute Gasteiger partial charge is 0.465 e. The molecule has 0 unspecified atom stereocenters.